The fourth-order valence-electron chi connectivity index (χ4n) is 6.47. The van der Waals surface area contributed by atoms with Gasteiger partial charge in [-0.3, -0.25) is 9.59 Å². The summed E-state index contributed by atoms with van der Waals surface area (Å²) in [5.41, 5.74) is 5.78. The Labute approximate surface area is 220 Å². The number of aromatic nitrogens is 1. The van der Waals surface area contributed by atoms with Crippen molar-refractivity contribution in [3.8, 4) is 0 Å². The molecule has 1 N–H and O–H groups in total. The number of aliphatic hydroxyl groups excluding tert-OH is 1. The maximum atomic E-state index is 14.2. The second kappa shape index (κ2) is 10.4. The lowest BCUT2D eigenvalue weighted by Crippen LogP contribution is -2.26. The number of hydrogen-bond acceptors (Lipinski definition) is 3. The summed E-state index contributed by atoms with van der Waals surface area (Å²) in [6.45, 7) is 9.32. The van der Waals surface area contributed by atoms with Crippen LogP contribution in [0.5, 0.6) is 0 Å². The van der Waals surface area contributed by atoms with Crippen molar-refractivity contribution in [3.63, 3.8) is 0 Å². The molecule has 0 spiro atoms. The minimum atomic E-state index is -0.197. The number of nitrogens with zero attached hydrogens (tertiary/aromatic N) is 1. The van der Waals surface area contributed by atoms with E-state index >= 15 is 0 Å². The van der Waals surface area contributed by atoms with Crippen LogP contribution in [0.4, 0.5) is 0 Å². The predicted molar refractivity (Wildman–Crippen MR) is 149 cm³/mol. The van der Waals surface area contributed by atoms with Gasteiger partial charge in [-0.05, 0) is 54.6 Å². The normalized spacial score (nSPS) is 24.2. The van der Waals surface area contributed by atoms with Gasteiger partial charge in [-0.15, -0.1) is 0 Å². The van der Waals surface area contributed by atoms with Crippen LogP contribution >= 0.6 is 0 Å². The van der Waals surface area contributed by atoms with Crippen LogP contribution in [0.25, 0.3) is 16.5 Å². The molecule has 4 unspecified atom stereocenters. The van der Waals surface area contributed by atoms with Crippen LogP contribution in [0.2, 0.25) is 0 Å². The quantitative estimate of drug-likeness (QED) is 0.436. The molecule has 0 fully saturated rings. The van der Waals surface area contributed by atoms with Gasteiger partial charge >= 0.3 is 0 Å². The van der Waals surface area contributed by atoms with Crippen LogP contribution in [0.1, 0.15) is 57.4 Å². The summed E-state index contributed by atoms with van der Waals surface area (Å²) in [7, 11) is 0. The monoisotopic (exact) mass is 497 g/mol. The van der Waals surface area contributed by atoms with Crippen molar-refractivity contribution < 1.29 is 14.7 Å². The van der Waals surface area contributed by atoms with Crippen molar-refractivity contribution in [1.29, 1.82) is 0 Å². The first kappa shape index (κ1) is 25.7. The highest BCUT2D eigenvalue weighted by Crippen LogP contribution is 2.44. The summed E-state index contributed by atoms with van der Waals surface area (Å²) in [6, 6.07) is 18.7. The summed E-state index contributed by atoms with van der Waals surface area (Å²) in [5.74, 6) is 0.314. The number of aryl methyl sites for hydroxylation is 1. The molecule has 3 aromatic rings. The molecule has 1 aromatic heterocycles. The van der Waals surface area contributed by atoms with Crippen molar-refractivity contribution in [2.75, 3.05) is 6.61 Å². The van der Waals surface area contributed by atoms with Gasteiger partial charge in [0.1, 0.15) is 0 Å². The van der Waals surface area contributed by atoms with Gasteiger partial charge in [-0.2, -0.15) is 0 Å². The zero-order valence-corrected chi connectivity index (χ0v) is 22.5. The lowest BCUT2D eigenvalue weighted by Gasteiger charge is -2.27. The van der Waals surface area contributed by atoms with Crippen LogP contribution in [-0.4, -0.2) is 27.8 Å². The van der Waals surface area contributed by atoms with Gasteiger partial charge in [0.25, 0.3) is 0 Å². The summed E-state index contributed by atoms with van der Waals surface area (Å²) in [5, 5.41) is 11.1. The van der Waals surface area contributed by atoms with Crippen LogP contribution in [0.15, 0.2) is 60.2 Å². The smallest absolute Gasteiger partial charge is 0.164 e. The van der Waals surface area contributed by atoms with Gasteiger partial charge in [-0.1, -0.05) is 76.2 Å². The van der Waals surface area contributed by atoms with Crippen molar-refractivity contribution in [1.82, 2.24) is 4.57 Å². The standard InChI is InChI=1S/C33H39NO3/c1-20(16-24-10-6-5-7-11-24)22(3)30-32(29(36)17-21(2)23(4)33(30)37)31-26-12-8-9-13-27(26)34-15-14-25(19-35)18-28(31)34/h5-13,20-23,25,35H,14-19H2,1-4H3/t20?,21-,22?,23?,25?/m1/s1. The van der Waals surface area contributed by atoms with Gasteiger partial charge in [-0.25, -0.2) is 0 Å². The summed E-state index contributed by atoms with van der Waals surface area (Å²) in [6.07, 6.45) is 2.87. The van der Waals surface area contributed by atoms with E-state index in [1.54, 1.807) is 0 Å². The van der Waals surface area contributed by atoms with Crippen molar-refractivity contribution in [3.05, 3.63) is 77.0 Å². The number of benzene rings is 2. The Morgan fingerprint density at radius 3 is 2.41 bits per heavy atom. The van der Waals surface area contributed by atoms with Crippen LogP contribution < -0.4 is 0 Å². The van der Waals surface area contributed by atoms with E-state index in [1.165, 1.54) is 5.56 Å². The molecule has 37 heavy (non-hydrogen) atoms. The third kappa shape index (κ3) is 4.61. The van der Waals surface area contributed by atoms with E-state index in [4.69, 9.17) is 0 Å². The number of para-hydroxylation sites is 1. The average Bonchev–Trinajstić information content (AvgIpc) is 3.20. The maximum absolute atomic E-state index is 14.2. The van der Waals surface area contributed by atoms with E-state index < -0.39 is 0 Å². The Morgan fingerprint density at radius 1 is 0.973 bits per heavy atom. The number of carbonyl (C=O) groups is 2. The zero-order chi connectivity index (χ0) is 26.3. The van der Waals surface area contributed by atoms with Gasteiger partial charge in [0.2, 0.25) is 0 Å². The van der Waals surface area contributed by atoms with Gasteiger partial charge in [0.05, 0.1) is 0 Å². The number of rotatable bonds is 6. The number of allylic oxidation sites excluding steroid dienone is 2. The van der Waals surface area contributed by atoms with Crippen LogP contribution in [0, 0.1) is 29.6 Å². The molecule has 5 atom stereocenters. The molecule has 2 aliphatic rings. The molecule has 1 aliphatic heterocycles. The molecule has 0 bridgehead atoms. The first-order chi connectivity index (χ1) is 17.8. The fraction of sp³-hybridized carbons (Fsp3) is 0.455. The molecule has 4 nitrogen and oxygen atoms in total. The van der Waals surface area contributed by atoms with E-state index in [9.17, 15) is 14.7 Å². The highest BCUT2D eigenvalue weighted by Gasteiger charge is 2.40. The van der Waals surface area contributed by atoms with E-state index in [-0.39, 0.29) is 47.8 Å². The van der Waals surface area contributed by atoms with Gasteiger partial charge in [0, 0.05) is 58.8 Å². The molecule has 0 saturated carbocycles. The van der Waals surface area contributed by atoms with Gasteiger partial charge < -0.3 is 9.67 Å². The molecular weight excluding hydrogens is 458 g/mol. The zero-order valence-electron chi connectivity index (χ0n) is 22.5. The summed E-state index contributed by atoms with van der Waals surface area (Å²) in [4.78, 5) is 28.3. The molecule has 0 saturated heterocycles. The lowest BCUT2D eigenvalue weighted by atomic mass is 9.76. The molecule has 4 heteroatoms. The van der Waals surface area contributed by atoms with Crippen molar-refractivity contribution in [2.45, 2.75) is 59.9 Å². The Kier molecular flexibility index (Phi) is 7.22. The van der Waals surface area contributed by atoms with Crippen molar-refractivity contribution in [2.24, 2.45) is 29.6 Å². The van der Waals surface area contributed by atoms with Crippen LogP contribution in [-0.2, 0) is 29.0 Å². The lowest BCUT2D eigenvalue weighted by molar-refractivity contribution is -0.120. The Hall–Kier alpha value is -2.98. The first-order valence-electron chi connectivity index (χ1n) is 13.9. The van der Waals surface area contributed by atoms with E-state index in [0.29, 0.717) is 12.0 Å². The van der Waals surface area contributed by atoms with Crippen LogP contribution in [0.3, 0.4) is 0 Å². The number of Topliss-reactive ketones (excluding diaryl/α,β-unsaturated/α-hetero) is 2. The molecule has 1 aliphatic carbocycles. The Bertz CT molecular complexity index is 1350. The van der Waals surface area contributed by atoms with Crippen molar-refractivity contribution >= 4 is 28.0 Å². The summed E-state index contributed by atoms with van der Waals surface area (Å²) < 4.78 is 2.33. The Balaban J connectivity index is 1.73. The third-order valence-electron chi connectivity index (χ3n) is 9.13. The molecule has 2 heterocycles. The molecular formula is C33H39NO3. The number of carbonyl (C=O) groups excluding carboxylic acids is 2. The number of ketones is 2. The Morgan fingerprint density at radius 2 is 1.68 bits per heavy atom. The van der Waals surface area contributed by atoms with Gasteiger partial charge in [0.15, 0.2) is 11.6 Å². The fourth-order valence-corrected chi connectivity index (χ4v) is 6.47. The molecule has 194 valence electrons. The number of hydrogen-bond donors (Lipinski definition) is 1. The first-order valence-corrected chi connectivity index (χ1v) is 13.9. The predicted octanol–water partition coefficient (Wildman–Crippen LogP) is 6.28. The largest absolute Gasteiger partial charge is 0.396 e. The third-order valence-corrected chi connectivity index (χ3v) is 9.13. The van der Waals surface area contributed by atoms with E-state index in [1.807, 2.05) is 32.0 Å². The average molecular weight is 498 g/mol. The topological polar surface area (TPSA) is 59.3 Å². The second-order valence-electron chi connectivity index (χ2n) is 11.5. The SMILES string of the molecule is CC(Cc1ccccc1)C(C)C1=C(c2c3n(c4ccccc24)CCC(CO)C3)C(=O)C[C@@H](C)C(C)C1=O. The highest BCUT2D eigenvalue weighted by molar-refractivity contribution is 6.31. The molecule has 0 radical (unpaired) electrons. The van der Waals surface area contributed by atoms with E-state index in [0.717, 1.165) is 53.5 Å². The number of fused-ring (bicyclic) bond motifs is 3. The molecule has 0 amide bonds. The minimum Gasteiger partial charge on any atom is -0.396 e. The maximum Gasteiger partial charge on any atom is 0.164 e. The number of aliphatic hydroxyl groups is 1. The summed E-state index contributed by atoms with van der Waals surface area (Å²) >= 11 is 0. The molecule has 5 rings (SSSR count). The highest BCUT2D eigenvalue weighted by atomic mass is 16.3. The molecule has 2 aromatic carbocycles. The van der Waals surface area contributed by atoms with E-state index in [2.05, 4.69) is 54.8 Å². The minimum absolute atomic E-state index is 0.000902. The second-order valence-corrected chi connectivity index (χ2v) is 11.5.